The predicted molar refractivity (Wildman–Crippen MR) is 89.4 cm³/mol. The molecule has 1 rings (SSSR count). The Bertz CT molecular complexity index is 443. The molecule has 0 aliphatic carbocycles. The summed E-state index contributed by atoms with van der Waals surface area (Å²) in [5.74, 6) is 1.40. The minimum absolute atomic E-state index is 0.384. The van der Waals surface area contributed by atoms with Crippen molar-refractivity contribution in [2.45, 2.75) is 46.9 Å². The molecule has 0 bridgehead atoms. The standard InChI is InChI=1S/C17H29N3O/c1-6-21-12-16-10-8-7-9-15(16)11-19-17(18-5)20-14(4)13(2)3/h7-10,13-14H,6,11-12H2,1-5H3,(H2,18,19,20). The topological polar surface area (TPSA) is 45.6 Å². The van der Waals surface area contributed by atoms with E-state index >= 15 is 0 Å². The number of ether oxygens (including phenoxy) is 1. The van der Waals surface area contributed by atoms with Gasteiger partial charge in [0.1, 0.15) is 0 Å². The highest BCUT2D eigenvalue weighted by molar-refractivity contribution is 5.79. The van der Waals surface area contributed by atoms with Gasteiger partial charge in [-0.1, -0.05) is 38.1 Å². The van der Waals surface area contributed by atoms with Crippen LogP contribution in [0.1, 0.15) is 38.8 Å². The van der Waals surface area contributed by atoms with Gasteiger partial charge in [0.2, 0.25) is 0 Å². The van der Waals surface area contributed by atoms with Gasteiger partial charge in [0.15, 0.2) is 5.96 Å². The van der Waals surface area contributed by atoms with Crippen LogP contribution in [0.2, 0.25) is 0 Å². The lowest BCUT2D eigenvalue weighted by molar-refractivity contribution is 0.133. The van der Waals surface area contributed by atoms with Gasteiger partial charge in [-0.3, -0.25) is 4.99 Å². The van der Waals surface area contributed by atoms with Gasteiger partial charge < -0.3 is 15.4 Å². The van der Waals surface area contributed by atoms with Crippen LogP contribution >= 0.6 is 0 Å². The van der Waals surface area contributed by atoms with Gasteiger partial charge in [0.05, 0.1) is 6.61 Å². The minimum Gasteiger partial charge on any atom is -0.377 e. The summed E-state index contributed by atoms with van der Waals surface area (Å²) in [7, 11) is 1.80. The van der Waals surface area contributed by atoms with Crippen LogP contribution in [0.5, 0.6) is 0 Å². The van der Waals surface area contributed by atoms with Crippen LogP contribution in [0.3, 0.4) is 0 Å². The zero-order valence-electron chi connectivity index (χ0n) is 13.9. The monoisotopic (exact) mass is 291 g/mol. The highest BCUT2D eigenvalue weighted by Crippen LogP contribution is 2.10. The molecule has 4 heteroatoms. The maximum absolute atomic E-state index is 5.52. The summed E-state index contributed by atoms with van der Waals surface area (Å²) in [4.78, 5) is 4.28. The molecule has 1 atom stereocenters. The number of nitrogens with zero attached hydrogens (tertiary/aromatic N) is 1. The fourth-order valence-electron chi connectivity index (χ4n) is 1.84. The summed E-state index contributed by atoms with van der Waals surface area (Å²) < 4.78 is 5.52. The zero-order valence-corrected chi connectivity index (χ0v) is 13.9. The molecule has 4 nitrogen and oxygen atoms in total. The molecule has 0 fully saturated rings. The fourth-order valence-corrected chi connectivity index (χ4v) is 1.84. The quantitative estimate of drug-likeness (QED) is 0.600. The molecule has 1 aromatic carbocycles. The molecule has 0 radical (unpaired) electrons. The second-order valence-electron chi connectivity index (χ2n) is 5.51. The van der Waals surface area contributed by atoms with Crippen LogP contribution < -0.4 is 10.6 Å². The average Bonchev–Trinajstić information content (AvgIpc) is 2.49. The van der Waals surface area contributed by atoms with Crippen LogP contribution in [-0.4, -0.2) is 25.7 Å². The van der Waals surface area contributed by atoms with E-state index < -0.39 is 0 Å². The lowest BCUT2D eigenvalue weighted by Gasteiger charge is -2.21. The van der Waals surface area contributed by atoms with E-state index in [0.29, 0.717) is 18.6 Å². The van der Waals surface area contributed by atoms with Crippen LogP contribution in [-0.2, 0) is 17.9 Å². The second-order valence-corrected chi connectivity index (χ2v) is 5.51. The summed E-state index contributed by atoms with van der Waals surface area (Å²) in [6.07, 6.45) is 0. The van der Waals surface area contributed by atoms with Crippen molar-refractivity contribution in [1.82, 2.24) is 10.6 Å². The second kappa shape index (κ2) is 9.40. The Labute approximate surface area is 129 Å². The molecule has 118 valence electrons. The van der Waals surface area contributed by atoms with E-state index in [9.17, 15) is 0 Å². The van der Waals surface area contributed by atoms with Gasteiger partial charge in [-0.2, -0.15) is 0 Å². The number of rotatable bonds is 7. The van der Waals surface area contributed by atoms with Gasteiger partial charge in [-0.05, 0) is 30.9 Å². The van der Waals surface area contributed by atoms with Crippen molar-refractivity contribution in [3.8, 4) is 0 Å². The molecule has 0 aliphatic heterocycles. The Morgan fingerprint density at radius 3 is 2.43 bits per heavy atom. The first-order valence-corrected chi connectivity index (χ1v) is 7.70. The third kappa shape index (κ3) is 6.17. The van der Waals surface area contributed by atoms with E-state index in [2.05, 4.69) is 54.6 Å². The van der Waals surface area contributed by atoms with E-state index in [1.165, 1.54) is 11.1 Å². The fraction of sp³-hybridized carbons (Fsp3) is 0.588. The van der Waals surface area contributed by atoms with Crippen LogP contribution in [0, 0.1) is 5.92 Å². The number of nitrogens with one attached hydrogen (secondary N) is 2. The maximum atomic E-state index is 5.52. The molecular weight excluding hydrogens is 262 g/mol. The van der Waals surface area contributed by atoms with Crippen LogP contribution in [0.15, 0.2) is 29.3 Å². The van der Waals surface area contributed by atoms with E-state index in [4.69, 9.17) is 4.74 Å². The smallest absolute Gasteiger partial charge is 0.191 e. The number of hydrogen-bond acceptors (Lipinski definition) is 2. The molecule has 2 N–H and O–H groups in total. The molecule has 21 heavy (non-hydrogen) atoms. The third-order valence-corrected chi connectivity index (χ3v) is 3.61. The lowest BCUT2D eigenvalue weighted by Crippen LogP contribution is -2.44. The molecule has 1 unspecified atom stereocenters. The first-order chi connectivity index (χ1) is 10.1. The lowest BCUT2D eigenvalue weighted by atomic mass is 10.1. The molecule has 0 heterocycles. The first-order valence-electron chi connectivity index (χ1n) is 7.70. The van der Waals surface area contributed by atoms with Crippen molar-refractivity contribution in [3.05, 3.63) is 35.4 Å². The van der Waals surface area contributed by atoms with Gasteiger partial charge >= 0.3 is 0 Å². The number of hydrogen-bond donors (Lipinski definition) is 2. The highest BCUT2D eigenvalue weighted by atomic mass is 16.5. The van der Waals surface area contributed by atoms with Crippen LogP contribution in [0.4, 0.5) is 0 Å². The number of aliphatic imine (C=N–C) groups is 1. The summed E-state index contributed by atoms with van der Waals surface area (Å²) in [6.45, 7) is 10.7. The number of benzene rings is 1. The van der Waals surface area contributed by atoms with E-state index in [1.807, 2.05) is 13.0 Å². The largest absolute Gasteiger partial charge is 0.377 e. The van der Waals surface area contributed by atoms with E-state index in [1.54, 1.807) is 7.05 Å². The van der Waals surface area contributed by atoms with E-state index in [-0.39, 0.29) is 0 Å². The van der Waals surface area contributed by atoms with Crippen molar-refractivity contribution in [2.75, 3.05) is 13.7 Å². The predicted octanol–water partition coefficient (Wildman–Crippen LogP) is 2.93. The molecule has 0 aromatic heterocycles. The maximum Gasteiger partial charge on any atom is 0.191 e. The molecule has 0 saturated heterocycles. The molecular formula is C17H29N3O. The number of guanidine groups is 1. The molecule has 0 amide bonds. The first kappa shape index (κ1) is 17.5. The SMILES string of the molecule is CCOCc1ccccc1CNC(=NC)NC(C)C(C)C. The van der Waals surface area contributed by atoms with Crippen LogP contribution in [0.25, 0.3) is 0 Å². The highest BCUT2D eigenvalue weighted by Gasteiger charge is 2.09. The van der Waals surface area contributed by atoms with Crippen molar-refractivity contribution < 1.29 is 4.74 Å². The van der Waals surface area contributed by atoms with Gasteiger partial charge in [0.25, 0.3) is 0 Å². The Kier molecular flexibility index (Phi) is 7.83. The van der Waals surface area contributed by atoms with Gasteiger partial charge in [0, 0.05) is 26.2 Å². The molecule has 0 aliphatic rings. The van der Waals surface area contributed by atoms with Crippen molar-refractivity contribution in [3.63, 3.8) is 0 Å². The summed E-state index contributed by atoms with van der Waals surface area (Å²) in [5, 5.41) is 6.78. The van der Waals surface area contributed by atoms with E-state index in [0.717, 1.165) is 19.1 Å². The Morgan fingerprint density at radius 2 is 1.86 bits per heavy atom. The van der Waals surface area contributed by atoms with Gasteiger partial charge in [-0.25, -0.2) is 0 Å². The Hall–Kier alpha value is -1.55. The normalized spacial score (nSPS) is 13.3. The van der Waals surface area contributed by atoms with Gasteiger partial charge in [-0.15, -0.1) is 0 Å². The summed E-state index contributed by atoms with van der Waals surface area (Å²) >= 11 is 0. The Balaban J connectivity index is 2.61. The van der Waals surface area contributed by atoms with Crippen molar-refractivity contribution in [2.24, 2.45) is 10.9 Å². The third-order valence-electron chi connectivity index (χ3n) is 3.61. The minimum atomic E-state index is 0.384. The summed E-state index contributed by atoms with van der Waals surface area (Å²) in [5.41, 5.74) is 2.46. The zero-order chi connectivity index (χ0) is 15.7. The summed E-state index contributed by atoms with van der Waals surface area (Å²) in [6, 6.07) is 8.72. The average molecular weight is 291 g/mol. The van der Waals surface area contributed by atoms with Crippen molar-refractivity contribution in [1.29, 1.82) is 0 Å². The Morgan fingerprint density at radius 1 is 1.19 bits per heavy atom. The molecule has 0 spiro atoms. The molecule has 0 saturated carbocycles. The molecule has 1 aromatic rings. The van der Waals surface area contributed by atoms with Crippen molar-refractivity contribution >= 4 is 5.96 Å².